The van der Waals surface area contributed by atoms with Gasteiger partial charge in [-0.15, -0.1) is 0 Å². The van der Waals surface area contributed by atoms with E-state index in [2.05, 4.69) is 70.6 Å². The third-order valence-corrected chi connectivity index (χ3v) is 6.52. The number of halogens is 1. The lowest BCUT2D eigenvalue weighted by Crippen LogP contribution is -2.35. The lowest BCUT2D eigenvalue weighted by Gasteiger charge is -2.31. The minimum absolute atomic E-state index is 0.0660. The van der Waals surface area contributed by atoms with Gasteiger partial charge in [0.1, 0.15) is 11.6 Å². The van der Waals surface area contributed by atoms with Crippen molar-refractivity contribution >= 4 is 32.8 Å². The average Bonchev–Trinajstić information content (AvgIpc) is 3.08. The van der Waals surface area contributed by atoms with E-state index in [1.807, 2.05) is 6.92 Å². The molecule has 30 heavy (non-hydrogen) atoms. The first-order valence-corrected chi connectivity index (χ1v) is 11.6. The van der Waals surface area contributed by atoms with E-state index in [0.717, 1.165) is 65.9 Å². The Balaban J connectivity index is 1.96. The van der Waals surface area contributed by atoms with Crippen molar-refractivity contribution in [2.75, 3.05) is 18.0 Å². The Morgan fingerprint density at radius 3 is 2.50 bits per heavy atom. The monoisotopic (exact) mass is 465 g/mol. The molecule has 1 saturated heterocycles. The molecule has 1 atom stereocenters. The van der Waals surface area contributed by atoms with Crippen molar-refractivity contribution in [2.24, 2.45) is 5.92 Å². The number of benzene rings is 1. The van der Waals surface area contributed by atoms with E-state index in [4.69, 9.17) is 9.97 Å². The van der Waals surface area contributed by atoms with E-state index in [9.17, 15) is 5.26 Å². The quantitative estimate of drug-likeness (QED) is 0.498. The van der Waals surface area contributed by atoms with Crippen molar-refractivity contribution in [3.63, 3.8) is 0 Å². The van der Waals surface area contributed by atoms with Gasteiger partial charge in [0.15, 0.2) is 5.65 Å². The maximum atomic E-state index is 9.45. The highest BCUT2D eigenvalue weighted by Gasteiger charge is 2.25. The van der Waals surface area contributed by atoms with Crippen LogP contribution in [-0.4, -0.2) is 27.6 Å². The molecule has 1 aliphatic heterocycles. The lowest BCUT2D eigenvalue weighted by molar-refractivity contribution is 0.491. The smallest absolute Gasteiger partial charge is 0.150 e. The zero-order chi connectivity index (χ0) is 21.4. The van der Waals surface area contributed by atoms with Gasteiger partial charge in [0.05, 0.1) is 23.1 Å². The van der Waals surface area contributed by atoms with Crippen molar-refractivity contribution in [3.8, 4) is 11.8 Å². The zero-order valence-corrected chi connectivity index (χ0v) is 19.8. The minimum Gasteiger partial charge on any atom is -0.355 e. The van der Waals surface area contributed by atoms with E-state index in [1.54, 1.807) is 0 Å². The highest BCUT2D eigenvalue weighted by molar-refractivity contribution is 9.10. The molecular weight excluding hydrogens is 438 g/mol. The largest absolute Gasteiger partial charge is 0.355 e. The van der Waals surface area contributed by atoms with Crippen LogP contribution in [0.15, 0.2) is 22.8 Å². The molecule has 156 valence electrons. The number of piperidine rings is 1. The Morgan fingerprint density at radius 2 is 1.87 bits per heavy atom. The number of nitriles is 1. The molecule has 0 spiro atoms. The van der Waals surface area contributed by atoms with Gasteiger partial charge in [0.2, 0.25) is 0 Å². The highest BCUT2D eigenvalue weighted by atomic mass is 79.9. The molecule has 1 fully saturated rings. The van der Waals surface area contributed by atoms with Crippen LogP contribution in [0.1, 0.15) is 49.2 Å². The summed E-state index contributed by atoms with van der Waals surface area (Å²) in [5.41, 5.74) is 5.97. The van der Waals surface area contributed by atoms with Crippen molar-refractivity contribution in [3.05, 3.63) is 45.3 Å². The number of rotatable bonds is 4. The highest BCUT2D eigenvalue weighted by Crippen LogP contribution is 2.35. The van der Waals surface area contributed by atoms with Gasteiger partial charge in [-0.1, -0.05) is 29.8 Å². The van der Waals surface area contributed by atoms with Crippen LogP contribution >= 0.6 is 15.9 Å². The van der Waals surface area contributed by atoms with Crippen molar-refractivity contribution in [1.82, 2.24) is 14.5 Å². The number of hydrogen-bond donors (Lipinski definition) is 0. The van der Waals surface area contributed by atoms with Crippen molar-refractivity contribution in [1.29, 1.82) is 5.26 Å². The minimum atomic E-state index is 0.0660. The number of anilines is 1. The summed E-state index contributed by atoms with van der Waals surface area (Å²) in [6.07, 6.45) is 6.10. The van der Waals surface area contributed by atoms with Crippen LogP contribution in [0.5, 0.6) is 0 Å². The summed E-state index contributed by atoms with van der Waals surface area (Å²) in [6, 6.07) is 6.88. The van der Waals surface area contributed by atoms with E-state index in [-0.39, 0.29) is 5.92 Å². The molecule has 4 rings (SSSR count). The molecule has 0 aliphatic carbocycles. The molecule has 0 bridgehead atoms. The molecule has 1 aliphatic rings. The van der Waals surface area contributed by atoms with Gasteiger partial charge >= 0.3 is 0 Å². The summed E-state index contributed by atoms with van der Waals surface area (Å²) in [5, 5.41) is 10.6. The molecule has 0 amide bonds. The Morgan fingerprint density at radius 1 is 1.17 bits per heavy atom. The Labute approximate surface area is 186 Å². The molecule has 1 aromatic carbocycles. The van der Waals surface area contributed by atoms with Gasteiger partial charge in [-0.3, -0.25) is 0 Å². The first-order valence-electron chi connectivity index (χ1n) is 10.8. The molecular formula is C24H28BrN5. The van der Waals surface area contributed by atoms with Crippen LogP contribution in [0.2, 0.25) is 0 Å². The maximum Gasteiger partial charge on any atom is 0.150 e. The van der Waals surface area contributed by atoms with E-state index < -0.39 is 0 Å². The van der Waals surface area contributed by atoms with Gasteiger partial charge < -0.3 is 9.47 Å². The van der Waals surface area contributed by atoms with E-state index >= 15 is 0 Å². The Hall–Kier alpha value is -2.39. The van der Waals surface area contributed by atoms with E-state index in [1.165, 1.54) is 22.4 Å². The maximum absolute atomic E-state index is 9.45. The van der Waals surface area contributed by atoms with Gasteiger partial charge in [-0.2, -0.15) is 5.26 Å². The van der Waals surface area contributed by atoms with Crippen LogP contribution in [0.4, 0.5) is 5.82 Å². The third kappa shape index (κ3) is 3.60. The van der Waals surface area contributed by atoms with Crippen LogP contribution in [0, 0.1) is 31.1 Å². The number of hydrogen-bond acceptors (Lipinski definition) is 4. The second-order valence-corrected chi connectivity index (χ2v) is 9.08. The van der Waals surface area contributed by atoms with Crippen LogP contribution in [0.3, 0.4) is 0 Å². The normalized spacial score (nSPS) is 16.8. The summed E-state index contributed by atoms with van der Waals surface area (Å²) in [4.78, 5) is 12.0. The molecule has 2 aromatic heterocycles. The predicted octanol–water partition coefficient (Wildman–Crippen LogP) is 5.66. The fraction of sp³-hybridized carbons (Fsp3) is 0.458. The molecule has 0 radical (unpaired) electrons. The van der Waals surface area contributed by atoms with Gasteiger partial charge in [-0.05, 0) is 68.4 Å². The summed E-state index contributed by atoms with van der Waals surface area (Å²) >= 11 is 3.68. The topological polar surface area (TPSA) is 57.7 Å². The number of nitrogens with zero attached hydrogens (tertiary/aromatic N) is 5. The fourth-order valence-electron chi connectivity index (χ4n) is 4.63. The van der Waals surface area contributed by atoms with Crippen LogP contribution in [-0.2, 0) is 12.8 Å². The zero-order valence-electron chi connectivity index (χ0n) is 18.2. The third-order valence-electron chi connectivity index (χ3n) is 6.07. The molecule has 1 unspecified atom stereocenters. The lowest BCUT2D eigenvalue weighted by atomic mass is 9.99. The summed E-state index contributed by atoms with van der Waals surface area (Å²) in [5.74, 6) is 1.81. The summed E-state index contributed by atoms with van der Waals surface area (Å²) < 4.78 is 3.38. The standard InChI is InChI=1S/C24H28BrN5/c1-5-18-10-20(25)11-19(6-2)22(18)30-13-15(3)21-23(27-16(4)28-24(21)30)29-9-7-8-17(12-26)14-29/h10-11,13,17H,5-9,14H2,1-4H3. The van der Waals surface area contributed by atoms with Crippen molar-refractivity contribution < 1.29 is 0 Å². The van der Waals surface area contributed by atoms with Crippen LogP contribution < -0.4 is 4.90 Å². The second kappa shape index (κ2) is 8.39. The second-order valence-electron chi connectivity index (χ2n) is 8.17. The molecule has 0 N–H and O–H groups in total. The molecule has 3 heterocycles. The predicted molar refractivity (Wildman–Crippen MR) is 125 cm³/mol. The number of aromatic nitrogens is 3. The van der Waals surface area contributed by atoms with E-state index in [0.29, 0.717) is 0 Å². The molecule has 6 heteroatoms. The summed E-state index contributed by atoms with van der Waals surface area (Å²) in [6.45, 7) is 10.2. The van der Waals surface area contributed by atoms with Gasteiger partial charge in [-0.25, -0.2) is 9.97 Å². The van der Waals surface area contributed by atoms with Gasteiger partial charge in [0.25, 0.3) is 0 Å². The Kier molecular flexibility index (Phi) is 5.84. The number of fused-ring (bicyclic) bond motifs is 1. The van der Waals surface area contributed by atoms with Crippen LogP contribution in [0.25, 0.3) is 16.7 Å². The molecule has 3 aromatic rings. The first kappa shape index (κ1) is 20.9. The average molecular weight is 466 g/mol. The van der Waals surface area contributed by atoms with Gasteiger partial charge in [0, 0.05) is 23.8 Å². The fourth-order valence-corrected chi connectivity index (χ4v) is 5.18. The number of aryl methyl sites for hydroxylation is 4. The molecule has 0 saturated carbocycles. The SMILES string of the molecule is CCc1cc(Br)cc(CC)c1-n1cc(C)c2c(N3CCCC(C#N)C3)nc(C)nc21. The first-order chi connectivity index (χ1) is 14.5. The summed E-state index contributed by atoms with van der Waals surface area (Å²) in [7, 11) is 0. The Bertz CT molecular complexity index is 1120. The molecule has 5 nitrogen and oxygen atoms in total. The van der Waals surface area contributed by atoms with Crippen molar-refractivity contribution in [2.45, 2.75) is 53.4 Å².